The number of carboxylic acids is 1. The van der Waals surface area contributed by atoms with Crippen molar-refractivity contribution in [2.75, 3.05) is 13.7 Å². The van der Waals surface area contributed by atoms with Crippen molar-refractivity contribution in [1.82, 2.24) is 19.7 Å². The van der Waals surface area contributed by atoms with Gasteiger partial charge in [0.15, 0.2) is 0 Å². The number of hydrogen-bond donors (Lipinski definition) is 1. The van der Waals surface area contributed by atoms with Crippen LogP contribution in [-0.2, 0) is 9.53 Å². The minimum atomic E-state index is -1.02. The predicted molar refractivity (Wildman–Crippen MR) is 79.2 cm³/mol. The minimum Gasteiger partial charge on any atom is -0.480 e. The highest BCUT2D eigenvalue weighted by atomic mass is 16.5. The summed E-state index contributed by atoms with van der Waals surface area (Å²) in [4.78, 5) is 29.3. The lowest BCUT2D eigenvalue weighted by atomic mass is 10.1. The molecule has 1 aromatic heterocycles. The molecule has 0 radical (unpaired) electrons. The number of carboxylic acid groups (broad SMARTS) is 1. The molecule has 3 rings (SSSR count). The van der Waals surface area contributed by atoms with E-state index in [-0.39, 0.29) is 18.6 Å². The van der Waals surface area contributed by atoms with Gasteiger partial charge in [-0.2, -0.15) is 5.10 Å². The summed E-state index contributed by atoms with van der Waals surface area (Å²) in [5.74, 6) is -1.36. The van der Waals surface area contributed by atoms with E-state index in [1.807, 2.05) is 0 Å². The number of rotatable bonds is 4. The number of methoxy groups -OCH3 is 1. The molecule has 0 saturated carbocycles. The Kier molecular flexibility index (Phi) is 4.07. The van der Waals surface area contributed by atoms with Crippen LogP contribution in [0.1, 0.15) is 16.8 Å². The SMILES string of the molecule is COC1CC(C(=O)O)N(C(=O)c2cccc(-n3cncn3)c2)C1. The second kappa shape index (κ2) is 6.17. The molecule has 1 aliphatic heterocycles. The van der Waals surface area contributed by atoms with Crippen molar-refractivity contribution in [3.05, 3.63) is 42.5 Å². The third-order valence-electron chi connectivity index (χ3n) is 3.92. The largest absolute Gasteiger partial charge is 0.480 e. The van der Waals surface area contributed by atoms with Gasteiger partial charge in [0, 0.05) is 25.6 Å². The maximum atomic E-state index is 12.7. The number of carbonyl (C=O) groups excluding carboxylic acids is 1. The van der Waals surface area contributed by atoms with Gasteiger partial charge in [-0.05, 0) is 18.2 Å². The van der Waals surface area contributed by atoms with E-state index in [1.165, 1.54) is 29.3 Å². The number of aliphatic carboxylic acids is 1. The van der Waals surface area contributed by atoms with Crippen LogP contribution in [0.25, 0.3) is 5.69 Å². The molecule has 0 spiro atoms. The monoisotopic (exact) mass is 316 g/mol. The average molecular weight is 316 g/mol. The van der Waals surface area contributed by atoms with Gasteiger partial charge in [-0.3, -0.25) is 4.79 Å². The maximum absolute atomic E-state index is 12.7. The Morgan fingerprint density at radius 3 is 2.87 bits per heavy atom. The normalized spacial score (nSPS) is 20.7. The molecule has 2 heterocycles. The molecule has 23 heavy (non-hydrogen) atoms. The highest BCUT2D eigenvalue weighted by Crippen LogP contribution is 2.23. The predicted octanol–water partition coefficient (Wildman–Crippen LogP) is 0.581. The van der Waals surface area contributed by atoms with Gasteiger partial charge in [0.25, 0.3) is 5.91 Å². The van der Waals surface area contributed by atoms with Crippen molar-refractivity contribution < 1.29 is 19.4 Å². The molecule has 1 N–H and O–H groups in total. The zero-order chi connectivity index (χ0) is 16.4. The highest BCUT2D eigenvalue weighted by Gasteiger charge is 2.40. The topological polar surface area (TPSA) is 97.6 Å². The Morgan fingerprint density at radius 1 is 1.39 bits per heavy atom. The van der Waals surface area contributed by atoms with E-state index in [0.29, 0.717) is 17.7 Å². The Labute approximate surface area is 132 Å². The molecule has 1 fully saturated rings. The summed E-state index contributed by atoms with van der Waals surface area (Å²) < 4.78 is 6.75. The van der Waals surface area contributed by atoms with Crippen LogP contribution < -0.4 is 0 Å². The van der Waals surface area contributed by atoms with Crippen LogP contribution >= 0.6 is 0 Å². The maximum Gasteiger partial charge on any atom is 0.326 e. The van der Waals surface area contributed by atoms with Crippen LogP contribution in [-0.4, -0.2) is 62.4 Å². The second-order valence-corrected chi connectivity index (χ2v) is 5.30. The summed E-state index contributed by atoms with van der Waals surface area (Å²) in [5.41, 5.74) is 1.09. The number of likely N-dealkylation sites (tertiary alicyclic amines) is 1. The zero-order valence-electron chi connectivity index (χ0n) is 12.5. The van der Waals surface area contributed by atoms with Crippen LogP contribution in [0.15, 0.2) is 36.9 Å². The fourth-order valence-electron chi connectivity index (χ4n) is 2.72. The van der Waals surface area contributed by atoms with Crippen LogP contribution in [0.4, 0.5) is 0 Å². The number of aromatic nitrogens is 3. The van der Waals surface area contributed by atoms with Crippen LogP contribution in [0.3, 0.4) is 0 Å². The summed E-state index contributed by atoms with van der Waals surface area (Å²) in [5, 5.41) is 13.3. The highest BCUT2D eigenvalue weighted by molar-refractivity contribution is 5.97. The molecular formula is C15H16N4O4. The van der Waals surface area contributed by atoms with E-state index in [2.05, 4.69) is 10.1 Å². The molecule has 2 aromatic rings. The molecule has 2 atom stereocenters. The van der Waals surface area contributed by atoms with Gasteiger partial charge in [-0.25, -0.2) is 14.5 Å². The number of amides is 1. The number of nitrogens with zero attached hydrogens (tertiary/aromatic N) is 4. The first-order valence-electron chi connectivity index (χ1n) is 7.12. The number of ether oxygens (including phenoxy) is 1. The van der Waals surface area contributed by atoms with Gasteiger partial charge in [0.2, 0.25) is 0 Å². The van der Waals surface area contributed by atoms with Gasteiger partial charge in [-0.15, -0.1) is 0 Å². The van der Waals surface area contributed by atoms with E-state index in [9.17, 15) is 14.7 Å². The molecule has 120 valence electrons. The molecule has 2 unspecified atom stereocenters. The van der Waals surface area contributed by atoms with Gasteiger partial charge >= 0.3 is 5.97 Å². The van der Waals surface area contributed by atoms with Crippen molar-refractivity contribution in [1.29, 1.82) is 0 Å². The molecule has 1 amide bonds. The molecule has 8 nitrogen and oxygen atoms in total. The smallest absolute Gasteiger partial charge is 0.326 e. The summed E-state index contributed by atoms with van der Waals surface area (Å²) in [6.45, 7) is 0.264. The molecular weight excluding hydrogens is 300 g/mol. The van der Waals surface area contributed by atoms with Gasteiger partial charge in [0.1, 0.15) is 18.7 Å². The number of benzene rings is 1. The van der Waals surface area contributed by atoms with Crippen molar-refractivity contribution >= 4 is 11.9 Å². The number of hydrogen-bond acceptors (Lipinski definition) is 5. The van der Waals surface area contributed by atoms with Gasteiger partial charge in [-0.1, -0.05) is 6.07 Å². The van der Waals surface area contributed by atoms with Crippen molar-refractivity contribution in [3.8, 4) is 5.69 Å². The number of carbonyl (C=O) groups is 2. The van der Waals surface area contributed by atoms with E-state index in [0.717, 1.165) is 0 Å². The summed E-state index contributed by atoms with van der Waals surface area (Å²) in [7, 11) is 1.52. The Hall–Kier alpha value is -2.74. The Balaban J connectivity index is 1.88. The Bertz CT molecular complexity index is 716. The van der Waals surface area contributed by atoms with Crippen LogP contribution in [0.5, 0.6) is 0 Å². The first kappa shape index (κ1) is 15.2. The molecule has 8 heteroatoms. The van der Waals surface area contributed by atoms with E-state index < -0.39 is 12.0 Å². The summed E-state index contributed by atoms with van der Waals surface area (Å²) >= 11 is 0. The fourth-order valence-corrected chi connectivity index (χ4v) is 2.72. The van der Waals surface area contributed by atoms with Gasteiger partial charge < -0.3 is 14.7 Å². The third kappa shape index (κ3) is 2.93. The second-order valence-electron chi connectivity index (χ2n) is 5.30. The molecule has 1 aliphatic rings. The lowest BCUT2D eigenvalue weighted by Crippen LogP contribution is -2.40. The quantitative estimate of drug-likeness (QED) is 0.886. The van der Waals surface area contributed by atoms with Crippen LogP contribution in [0, 0.1) is 0 Å². The van der Waals surface area contributed by atoms with Crippen molar-refractivity contribution in [2.45, 2.75) is 18.6 Å². The van der Waals surface area contributed by atoms with Crippen LogP contribution in [0.2, 0.25) is 0 Å². The van der Waals surface area contributed by atoms with E-state index >= 15 is 0 Å². The molecule has 0 aliphatic carbocycles. The lowest BCUT2D eigenvalue weighted by molar-refractivity contribution is -0.141. The molecule has 0 bridgehead atoms. The first-order chi connectivity index (χ1) is 11.1. The van der Waals surface area contributed by atoms with Crippen molar-refractivity contribution in [3.63, 3.8) is 0 Å². The van der Waals surface area contributed by atoms with Crippen molar-refractivity contribution in [2.24, 2.45) is 0 Å². The first-order valence-corrected chi connectivity index (χ1v) is 7.12. The molecule has 1 saturated heterocycles. The van der Waals surface area contributed by atoms with Gasteiger partial charge in [0.05, 0.1) is 11.8 Å². The lowest BCUT2D eigenvalue weighted by Gasteiger charge is -2.21. The molecule has 1 aromatic carbocycles. The summed E-state index contributed by atoms with van der Waals surface area (Å²) in [6.07, 6.45) is 2.96. The minimum absolute atomic E-state index is 0.264. The standard InChI is InChI=1S/C15H16N4O4/c1-23-12-6-13(15(21)22)18(7-12)14(20)10-3-2-4-11(5-10)19-9-16-8-17-19/h2-5,8-9,12-13H,6-7H2,1H3,(H,21,22). The third-order valence-corrected chi connectivity index (χ3v) is 3.92. The van der Waals surface area contributed by atoms with E-state index in [1.54, 1.807) is 24.3 Å². The summed E-state index contributed by atoms with van der Waals surface area (Å²) in [6, 6.07) is 5.96. The fraction of sp³-hybridized carbons (Fsp3) is 0.333. The Morgan fingerprint density at radius 2 is 2.22 bits per heavy atom. The average Bonchev–Trinajstić information content (AvgIpc) is 3.23. The zero-order valence-corrected chi connectivity index (χ0v) is 12.5. The van der Waals surface area contributed by atoms with E-state index in [4.69, 9.17) is 4.74 Å².